The molecule has 1 aliphatic heterocycles. The van der Waals surface area contributed by atoms with Gasteiger partial charge in [-0.2, -0.15) is 0 Å². The summed E-state index contributed by atoms with van der Waals surface area (Å²) in [5, 5.41) is 9.50. The van der Waals surface area contributed by atoms with Crippen molar-refractivity contribution in [2.45, 2.75) is 19.4 Å². The van der Waals surface area contributed by atoms with E-state index in [4.69, 9.17) is 4.74 Å². The van der Waals surface area contributed by atoms with Crippen LogP contribution in [0.1, 0.15) is 24.1 Å². The molecular formula is C17H19NO2. The predicted molar refractivity (Wildman–Crippen MR) is 80.6 cm³/mol. The van der Waals surface area contributed by atoms with Gasteiger partial charge in [0.1, 0.15) is 18.1 Å². The Kier molecular flexibility index (Phi) is 3.26. The van der Waals surface area contributed by atoms with Crippen LogP contribution in [-0.2, 0) is 6.42 Å². The Bertz CT molecular complexity index is 607. The SMILES string of the molecule is CCc1ccc(N(C)C2COc3cc(O)ccc32)cc1. The molecule has 0 bridgehead atoms. The number of phenols is 1. The number of rotatable bonds is 3. The molecule has 1 atom stereocenters. The molecule has 1 heterocycles. The number of nitrogens with zero attached hydrogens (tertiary/aromatic N) is 1. The number of hydrogen-bond donors (Lipinski definition) is 1. The van der Waals surface area contributed by atoms with E-state index in [2.05, 4.69) is 43.1 Å². The minimum Gasteiger partial charge on any atom is -0.508 e. The number of anilines is 1. The standard InChI is InChI=1S/C17H19NO2/c1-3-12-4-6-13(7-5-12)18(2)16-11-20-17-10-14(19)8-9-15(16)17/h4-10,16,19H,3,11H2,1-2H3. The summed E-state index contributed by atoms with van der Waals surface area (Å²) in [5.41, 5.74) is 3.65. The highest BCUT2D eigenvalue weighted by atomic mass is 16.5. The molecule has 3 nitrogen and oxygen atoms in total. The number of hydrogen-bond acceptors (Lipinski definition) is 3. The number of likely N-dealkylation sites (N-methyl/N-ethyl adjacent to an activating group) is 1. The average molecular weight is 269 g/mol. The van der Waals surface area contributed by atoms with E-state index in [0.717, 1.165) is 17.7 Å². The Balaban J connectivity index is 1.87. The Labute approximate surface area is 119 Å². The minimum absolute atomic E-state index is 0.193. The van der Waals surface area contributed by atoms with Crippen molar-refractivity contribution in [3.63, 3.8) is 0 Å². The monoisotopic (exact) mass is 269 g/mol. The summed E-state index contributed by atoms with van der Waals surface area (Å²) < 4.78 is 5.68. The number of aryl methyl sites for hydroxylation is 1. The molecule has 0 fully saturated rings. The van der Waals surface area contributed by atoms with Crippen LogP contribution in [0.5, 0.6) is 11.5 Å². The van der Waals surface area contributed by atoms with E-state index in [9.17, 15) is 5.11 Å². The number of benzene rings is 2. The van der Waals surface area contributed by atoms with Gasteiger partial charge in [0.05, 0.1) is 6.04 Å². The predicted octanol–water partition coefficient (Wildman–Crippen LogP) is 3.52. The zero-order chi connectivity index (χ0) is 14.1. The van der Waals surface area contributed by atoms with Crippen LogP contribution in [0, 0.1) is 0 Å². The molecule has 1 aliphatic rings. The van der Waals surface area contributed by atoms with Crippen molar-refractivity contribution in [3.8, 4) is 11.5 Å². The van der Waals surface area contributed by atoms with Gasteiger partial charge in [-0.05, 0) is 36.2 Å². The Morgan fingerprint density at radius 2 is 1.95 bits per heavy atom. The molecule has 104 valence electrons. The highest BCUT2D eigenvalue weighted by Crippen LogP contribution is 2.39. The molecule has 0 saturated heterocycles. The topological polar surface area (TPSA) is 32.7 Å². The fourth-order valence-electron chi connectivity index (χ4n) is 2.65. The quantitative estimate of drug-likeness (QED) is 0.925. The molecule has 20 heavy (non-hydrogen) atoms. The number of aromatic hydroxyl groups is 1. The van der Waals surface area contributed by atoms with Crippen molar-refractivity contribution in [3.05, 3.63) is 53.6 Å². The molecule has 2 aromatic carbocycles. The number of fused-ring (bicyclic) bond motifs is 1. The van der Waals surface area contributed by atoms with E-state index in [1.54, 1.807) is 12.1 Å². The maximum Gasteiger partial charge on any atom is 0.128 e. The van der Waals surface area contributed by atoms with E-state index in [-0.39, 0.29) is 11.8 Å². The van der Waals surface area contributed by atoms with E-state index < -0.39 is 0 Å². The van der Waals surface area contributed by atoms with Crippen LogP contribution in [0.25, 0.3) is 0 Å². The summed E-state index contributed by atoms with van der Waals surface area (Å²) in [4.78, 5) is 2.22. The normalized spacial score (nSPS) is 16.6. The highest BCUT2D eigenvalue weighted by Gasteiger charge is 2.28. The Morgan fingerprint density at radius 3 is 2.65 bits per heavy atom. The third kappa shape index (κ3) is 2.20. The molecule has 0 aromatic heterocycles. The lowest BCUT2D eigenvalue weighted by molar-refractivity contribution is 0.328. The van der Waals surface area contributed by atoms with Gasteiger partial charge in [-0.1, -0.05) is 19.1 Å². The molecule has 0 amide bonds. The van der Waals surface area contributed by atoms with Gasteiger partial charge in [0, 0.05) is 24.4 Å². The largest absolute Gasteiger partial charge is 0.508 e. The third-order valence-electron chi connectivity index (χ3n) is 3.97. The lowest BCUT2D eigenvalue weighted by atomic mass is 10.1. The van der Waals surface area contributed by atoms with Gasteiger partial charge in [0.2, 0.25) is 0 Å². The van der Waals surface area contributed by atoms with Gasteiger partial charge in [0.15, 0.2) is 0 Å². The summed E-state index contributed by atoms with van der Waals surface area (Å²) in [6.07, 6.45) is 1.05. The Morgan fingerprint density at radius 1 is 1.20 bits per heavy atom. The van der Waals surface area contributed by atoms with Gasteiger partial charge in [0.25, 0.3) is 0 Å². The highest BCUT2D eigenvalue weighted by molar-refractivity contribution is 5.53. The van der Waals surface area contributed by atoms with Crippen LogP contribution in [0.3, 0.4) is 0 Å². The molecule has 0 saturated carbocycles. The molecule has 1 unspecified atom stereocenters. The molecule has 3 heteroatoms. The van der Waals surface area contributed by atoms with Crippen molar-refractivity contribution < 1.29 is 9.84 Å². The summed E-state index contributed by atoms with van der Waals surface area (Å²) in [6.45, 7) is 2.77. The number of phenolic OH excluding ortho intramolecular Hbond substituents is 1. The van der Waals surface area contributed by atoms with E-state index in [0.29, 0.717) is 6.61 Å². The second-order valence-electron chi connectivity index (χ2n) is 5.18. The first-order chi connectivity index (χ1) is 9.69. The van der Waals surface area contributed by atoms with Crippen LogP contribution < -0.4 is 9.64 Å². The van der Waals surface area contributed by atoms with E-state index >= 15 is 0 Å². The summed E-state index contributed by atoms with van der Waals surface area (Å²) in [7, 11) is 2.08. The first-order valence-electron chi connectivity index (χ1n) is 6.96. The molecule has 3 rings (SSSR count). The average Bonchev–Trinajstić information content (AvgIpc) is 2.89. The van der Waals surface area contributed by atoms with Crippen molar-refractivity contribution in [2.24, 2.45) is 0 Å². The van der Waals surface area contributed by atoms with Crippen molar-refractivity contribution in [1.29, 1.82) is 0 Å². The second kappa shape index (κ2) is 5.08. The summed E-state index contributed by atoms with van der Waals surface area (Å²) >= 11 is 0. The van der Waals surface area contributed by atoms with Crippen LogP contribution in [0.15, 0.2) is 42.5 Å². The Hall–Kier alpha value is -2.16. The smallest absolute Gasteiger partial charge is 0.128 e. The molecule has 2 aromatic rings. The zero-order valence-electron chi connectivity index (χ0n) is 11.8. The number of ether oxygens (including phenoxy) is 1. The van der Waals surface area contributed by atoms with Crippen LogP contribution in [0.2, 0.25) is 0 Å². The van der Waals surface area contributed by atoms with Gasteiger partial charge in [-0.15, -0.1) is 0 Å². The van der Waals surface area contributed by atoms with Gasteiger partial charge >= 0.3 is 0 Å². The van der Waals surface area contributed by atoms with Gasteiger partial charge < -0.3 is 14.7 Å². The van der Waals surface area contributed by atoms with E-state index in [1.165, 1.54) is 11.3 Å². The fourth-order valence-corrected chi connectivity index (χ4v) is 2.65. The molecule has 0 aliphatic carbocycles. The molecule has 0 spiro atoms. The molecule has 0 radical (unpaired) electrons. The first kappa shape index (κ1) is 12.9. The van der Waals surface area contributed by atoms with Crippen molar-refractivity contribution >= 4 is 5.69 Å². The zero-order valence-corrected chi connectivity index (χ0v) is 11.8. The fraction of sp³-hybridized carbons (Fsp3) is 0.294. The van der Waals surface area contributed by atoms with Crippen molar-refractivity contribution in [2.75, 3.05) is 18.6 Å². The van der Waals surface area contributed by atoms with Gasteiger partial charge in [-0.25, -0.2) is 0 Å². The minimum atomic E-state index is 0.193. The van der Waals surface area contributed by atoms with E-state index in [1.807, 2.05) is 6.07 Å². The van der Waals surface area contributed by atoms with Crippen LogP contribution in [0.4, 0.5) is 5.69 Å². The van der Waals surface area contributed by atoms with Crippen molar-refractivity contribution in [1.82, 2.24) is 0 Å². The lowest BCUT2D eigenvalue weighted by Crippen LogP contribution is -2.25. The van der Waals surface area contributed by atoms with Crippen LogP contribution in [-0.4, -0.2) is 18.8 Å². The summed E-state index contributed by atoms with van der Waals surface area (Å²) in [6, 6.07) is 14.2. The third-order valence-corrected chi connectivity index (χ3v) is 3.97. The molecular weight excluding hydrogens is 250 g/mol. The maximum absolute atomic E-state index is 9.50. The lowest BCUT2D eigenvalue weighted by Gasteiger charge is -2.26. The maximum atomic E-state index is 9.50. The summed E-state index contributed by atoms with van der Waals surface area (Å²) in [5.74, 6) is 1.03. The van der Waals surface area contributed by atoms with Gasteiger partial charge in [-0.3, -0.25) is 0 Å². The van der Waals surface area contributed by atoms with Crippen LogP contribution >= 0.6 is 0 Å². The second-order valence-corrected chi connectivity index (χ2v) is 5.18. The molecule has 1 N–H and O–H groups in total. The first-order valence-corrected chi connectivity index (χ1v) is 6.96.